The Balaban J connectivity index is 1.64. The average Bonchev–Trinajstić information content (AvgIpc) is 2.73. The fourth-order valence-electron chi connectivity index (χ4n) is 3.26. The molecule has 0 aromatic heterocycles. The third kappa shape index (κ3) is 4.22. The summed E-state index contributed by atoms with van der Waals surface area (Å²) in [5.74, 6) is 0.923. The smallest absolute Gasteiger partial charge is 0.261 e. The van der Waals surface area contributed by atoms with Gasteiger partial charge in [-0.2, -0.15) is 0 Å². The molecule has 0 unspecified atom stereocenters. The molecule has 0 bridgehead atoms. The van der Waals surface area contributed by atoms with Gasteiger partial charge >= 0.3 is 0 Å². The molecule has 2 amide bonds. The average molecular weight is 368 g/mol. The monoisotopic (exact) mass is 368 g/mol. The zero-order chi connectivity index (χ0) is 19.2. The summed E-state index contributed by atoms with van der Waals surface area (Å²) in [6.07, 6.45) is 0.384. The molecule has 1 aliphatic heterocycles. The van der Waals surface area contributed by atoms with Crippen LogP contribution in [0.4, 0.5) is 0 Å². The van der Waals surface area contributed by atoms with Gasteiger partial charge in [0.05, 0.1) is 20.6 Å². The molecule has 0 radical (unpaired) electrons. The molecule has 0 saturated carbocycles. The highest BCUT2D eigenvalue weighted by atomic mass is 16.5. The van der Waals surface area contributed by atoms with Crippen molar-refractivity contribution in [3.63, 3.8) is 0 Å². The summed E-state index contributed by atoms with van der Waals surface area (Å²) in [4.78, 5) is 29.0. The number of amides is 2. The number of ether oxygens (including phenoxy) is 2. The van der Waals surface area contributed by atoms with E-state index in [0.29, 0.717) is 49.7 Å². The van der Waals surface area contributed by atoms with E-state index in [0.717, 1.165) is 5.56 Å². The molecule has 27 heavy (non-hydrogen) atoms. The van der Waals surface area contributed by atoms with Crippen molar-refractivity contribution >= 4 is 11.8 Å². The predicted octanol–water partition coefficient (Wildman–Crippen LogP) is 2.23. The second-order valence-electron chi connectivity index (χ2n) is 6.37. The summed E-state index contributed by atoms with van der Waals surface area (Å²) in [5.41, 5.74) is 1.42. The summed E-state index contributed by atoms with van der Waals surface area (Å²) < 4.78 is 10.7. The van der Waals surface area contributed by atoms with E-state index in [9.17, 15) is 9.59 Å². The summed E-state index contributed by atoms with van der Waals surface area (Å²) in [6.45, 7) is 2.02. The van der Waals surface area contributed by atoms with E-state index in [1.807, 2.05) is 35.2 Å². The number of carbonyl (C=O) groups is 2. The molecule has 0 aliphatic carbocycles. The summed E-state index contributed by atoms with van der Waals surface area (Å²) in [6, 6.07) is 15.0. The van der Waals surface area contributed by atoms with Crippen molar-refractivity contribution in [1.29, 1.82) is 0 Å². The zero-order valence-electron chi connectivity index (χ0n) is 15.7. The van der Waals surface area contributed by atoms with Crippen molar-refractivity contribution in [1.82, 2.24) is 9.80 Å². The Bertz CT molecular complexity index is 777. The van der Waals surface area contributed by atoms with Crippen molar-refractivity contribution in [2.75, 3.05) is 40.4 Å². The van der Waals surface area contributed by atoms with Crippen LogP contribution < -0.4 is 9.47 Å². The highest BCUT2D eigenvalue weighted by Crippen LogP contribution is 2.29. The molecule has 0 atom stereocenters. The zero-order valence-corrected chi connectivity index (χ0v) is 15.7. The van der Waals surface area contributed by atoms with Gasteiger partial charge in [0.2, 0.25) is 5.91 Å². The van der Waals surface area contributed by atoms with Crippen molar-refractivity contribution in [3.05, 3.63) is 59.7 Å². The Kier molecular flexibility index (Phi) is 5.96. The number of hydrogen-bond acceptors (Lipinski definition) is 4. The second kappa shape index (κ2) is 8.58. The SMILES string of the molecule is COc1cccc(OC)c1C(=O)N1CCN(C(=O)Cc2ccccc2)CC1. The molecule has 142 valence electrons. The third-order valence-corrected chi connectivity index (χ3v) is 4.76. The highest BCUT2D eigenvalue weighted by molar-refractivity contribution is 6.00. The van der Waals surface area contributed by atoms with Crippen LogP contribution in [0.5, 0.6) is 11.5 Å². The summed E-state index contributed by atoms with van der Waals surface area (Å²) >= 11 is 0. The minimum Gasteiger partial charge on any atom is -0.496 e. The largest absolute Gasteiger partial charge is 0.496 e. The highest BCUT2D eigenvalue weighted by Gasteiger charge is 2.28. The van der Waals surface area contributed by atoms with E-state index >= 15 is 0 Å². The van der Waals surface area contributed by atoms with Gasteiger partial charge in [-0.1, -0.05) is 36.4 Å². The molecule has 3 rings (SSSR count). The predicted molar refractivity (Wildman–Crippen MR) is 102 cm³/mol. The minimum atomic E-state index is -0.139. The lowest BCUT2D eigenvalue weighted by Gasteiger charge is -2.35. The van der Waals surface area contributed by atoms with E-state index in [-0.39, 0.29) is 11.8 Å². The molecule has 2 aromatic rings. The molecule has 1 heterocycles. The van der Waals surface area contributed by atoms with Gasteiger partial charge in [0.15, 0.2) is 0 Å². The van der Waals surface area contributed by atoms with E-state index in [1.54, 1.807) is 23.1 Å². The van der Waals surface area contributed by atoms with Gasteiger partial charge < -0.3 is 19.3 Å². The van der Waals surface area contributed by atoms with E-state index in [4.69, 9.17) is 9.47 Å². The van der Waals surface area contributed by atoms with Crippen molar-refractivity contribution in [3.8, 4) is 11.5 Å². The molecule has 1 saturated heterocycles. The van der Waals surface area contributed by atoms with Gasteiger partial charge in [0, 0.05) is 26.2 Å². The molecule has 1 fully saturated rings. The van der Waals surface area contributed by atoms with Crippen molar-refractivity contribution in [2.24, 2.45) is 0 Å². The third-order valence-electron chi connectivity index (χ3n) is 4.76. The molecule has 1 aliphatic rings. The molecule has 0 spiro atoms. The molecule has 6 heteroatoms. The maximum absolute atomic E-state index is 13.0. The first kappa shape index (κ1) is 18.8. The minimum absolute atomic E-state index is 0.0863. The second-order valence-corrected chi connectivity index (χ2v) is 6.37. The standard InChI is InChI=1S/C21H24N2O4/c1-26-17-9-6-10-18(27-2)20(17)21(25)23-13-11-22(12-14-23)19(24)15-16-7-4-3-5-8-16/h3-10H,11-15H2,1-2H3. The lowest BCUT2D eigenvalue weighted by molar-refractivity contribution is -0.131. The van der Waals surface area contributed by atoms with Crippen LogP contribution in [0.2, 0.25) is 0 Å². The van der Waals surface area contributed by atoms with Gasteiger partial charge in [-0.3, -0.25) is 9.59 Å². The summed E-state index contributed by atoms with van der Waals surface area (Å²) in [7, 11) is 3.07. The van der Waals surface area contributed by atoms with Crippen LogP contribution in [-0.4, -0.2) is 62.0 Å². The lowest BCUT2D eigenvalue weighted by Crippen LogP contribution is -2.51. The van der Waals surface area contributed by atoms with Gasteiger partial charge in [0.1, 0.15) is 17.1 Å². The Hall–Kier alpha value is -3.02. The first-order valence-electron chi connectivity index (χ1n) is 8.96. The lowest BCUT2D eigenvalue weighted by atomic mass is 10.1. The van der Waals surface area contributed by atoms with Crippen LogP contribution in [0.15, 0.2) is 48.5 Å². The molecule has 6 nitrogen and oxygen atoms in total. The quantitative estimate of drug-likeness (QED) is 0.812. The van der Waals surface area contributed by atoms with Crippen molar-refractivity contribution < 1.29 is 19.1 Å². The van der Waals surface area contributed by atoms with Crippen LogP contribution in [0, 0.1) is 0 Å². The number of nitrogens with zero attached hydrogens (tertiary/aromatic N) is 2. The normalized spacial score (nSPS) is 14.0. The van der Waals surface area contributed by atoms with Crippen molar-refractivity contribution in [2.45, 2.75) is 6.42 Å². The molecular formula is C21H24N2O4. The molecular weight excluding hydrogens is 344 g/mol. The van der Waals surface area contributed by atoms with Gasteiger partial charge in [0.25, 0.3) is 5.91 Å². The molecule has 2 aromatic carbocycles. The van der Waals surface area contributed by atoms with Gasteiger partial charge in [-0.25, -0.2) is 0 Å². The Morgan fingerprint density at radius 3 is 1.93 bits per heavy atom. The number of rotatable bonds is 5. The van der Waals surface area contributed by atoms with Crippen LogP contribution in [0.25, 0.3) is 0 Å². The van der Waals surface area contributed by atoms with E-state index in [2.05, 4.69) is 0 Å². The first-order chi connectivity index (χ1) is 13.1. The topological polar surface area (TPSA) is 59.1 Å². The first-order valence-corrected chi connectivity index (χ1v) is 8.96. The van der Waals surface area contributed by atoms with E-state index in [1.165, 1.54) is 14.2 Å². The van der Waals surface area contributed by atoms with Crippen LogP contribution in [-0.2, 0) is 11.2 Å². The van der Waals surface area contributed by atoms with Gasteiger partial charge in [-0.05, 0) is 17.7 Å². The summed E-state index contributed by atoms with van der Waals surface area (Å²) in [5, 5.41) is 0. The Morgan fingerprint density at radius 2 is 1.37 bits per heavy atom. The number of hydrogen-bond donors (Lipinski definition) is 0. The van der Waals surface area contributed by atoms with Crippen LogP contribution in [0.3, 0.4) is 0 Å². The van der Waals surface area contributed by atoms with Crippen LogP contribution >= 0.6 is 0 Å². The number of carbonyl (C=O) groups excluding carboxylic acids is 2. The number of piperazine rings is 1. The Labute approximate surface area is 159 Å². The van der Waals surface area contributed by atoms with E-state index < -0.39 is 0 Å². The number of benzene rings is 2. The molecule has 0 N–H and O–H groups in total. The maximum Gasteiger partial charge on any atom is 0.261 e. The fraction of sp³-hybridized carbons (Fsp3) is 0.333. The van der Waals surface area contributed by atoms with Gasteiger partial charge in [-0.15, -0.1) is 0 Å². The fourth-order valence-corrected chi connectivity index (χ4v) is 3.26. The Morgan fingerprint density at radius 1 is 0.815 bits per heavy atom. The number of methoxy groups -OCH3 is 2. The van der Waals surface area contributed by atoms with Crippen LogP contribution in [0.1, 0.15) is 15.9 Å². The maximum atomic E-state index is 13.0.